The highest BCUT2D eigenvalue weighted by atomic mass is 35.5. The van der Waals surface area contributed by atoms with Crippen LogP contribution in [-0.2, 0) is 12.3 Å². The second kappa shape index (κ2) is 6.61. The summed E-state index contributed by atoms with van der Waals surface area (Å²) in [5.41, 5.74) is 0.923. The van der Waals surface area contributed by atoms with Crippen molar-refractivity contribution in [2.75, 3.05) is 14.2 Å². The van der Waals surface area contributed by atoms with Gasteiger partial charge < -0.3 is 9.47 Å². The number of hydrogen-bond donors (Lipinski definition) is 0. The van der Waals surface area contributed by atoms with Gasteiger partial charge in [-0.3, -0.25) is 4.57 Å². The Morgan fingerprint density at radius 2 is 1.80 bits per heavy atom. The molecule has 0 bridgehead atoms. The maximum atomic E-state index is 5.95. The van der Waals surface area contributed by atoms with Crippen molar-refractivity contribution >= 4 is 11.6 Å². The van der Waals surface area contributed by atoms with Crippen LogP contribution in [0.2, 0.25) is 0 Å². The Labute approximate surface area is 123 Å². The molecule has 0 fully saturated rings. The van der Waals surface area contributed by atoms with E-state index in [9.17, 15) is 0 Å². The second-order valence-electron chi connectivity index (χ2n) is 4.29. The van der Waals surface area contributed by atoms with Gasteiger partial charge in [-0.1, -0.05) is 6.92 Å². The van der Waals surface area contributed by atoms with Crippen LogP contribution in [0.15, 0.2) is 18.2 Å². The van der Waals surface area contributed by atoms with Crippen LogP contribution in [0.3, 0.4) is 0 Å². The van der Waals surface area contributed by atoms with Gasteiger partial charge in [-0.15, -0.1) is 21.8 Å². The SMILES string of the molecule is CCCc1nnc(CCl)n1-c1ccc(OC)c(OC)c1. The summed E-state index contributed by atoms with van der Waals surface area (Å²) in [5.74, 6) is 3.29. The van der Waals surface area contributed by atoms with Gasteiger partial charge in [-0.2, -0.15) is 0 Å². The molecule has 6 heteroatoms. The van der Waals surface area contributed by atoms with Crippen LogP contribution in [0.4, 0.5) is 0 Å². The highest BCUT2D eigenvalue weighted by Crippen LogP contribution is 2.30. The molecule has 1 aromatic heterocycles. The van der Waals surface area contributed by atoms with Crippen molar-refractivity contribution in [3.05, 3.63) is 29.8 Å². The first kappa shape index (κ1) is 14.7. The van der Waals surface area contributed by atoms with Crippen LogP contribution >= 0.6 is 11.6 Å². The maximum absolute atomic E-state index is 5.95. The number of nitrogens with zero attached hydrogens (tertiary/aromatic N) is 3. The van der Waals surface area contributed by atoms with E-state index in [1.54, 1.807) is 14.2 Å². The van der Waals surface area contributed by atoms with E-state index in [2.05, 4.69) is 17.1 Å². The van der Waals surface area contributed by atoms with Gasteiger partial charge in [0.2, 0.25) is 0 Å². The molecule has 0 saturated carbocycles. The lowest BCUT2D eigenvalue weighted by Gasteiger charge is -2.12. The normalized spacial score (nSPS) is 10.6. The average molecular weight is 296 g/mol. The zero-order valence-corrected chi connectivity index (χ0v) is 12.6. The number of alkyl halides is 1. The van der Waals surface area contributed by atoms with Crippen molar-refractivity contribution in [2.45, 2.75) is 25.6 Å². The Morgan fingerprint density at radius 1 is 1.10 bits per heavy atom. The third-order valence-corrected chi connectivity index (χ3v) is 3.25. The Balaban J connectivity index is 2.52. The van der Waals surface area contributed by atoms with Crippen molar-refractivity contribution in [1.29, 1.82) is 0 Å². The van der Waals surface area contributed by atoms with Crippen molar-refractivity contribution in [1.82, 2.24) is 14.8 Å². The smallest absolute Gasteiger partial charge is 0.162 e. The van der Waals surface area contributed by atoms with Crippen LogP contribution < -0.4 is 9.47 Å². The number of aryl methyl sites for hydroxylation is 1. The van der Waals surface area contributed by atoms with E-state index in [1.807, 2.05) is 22.8 Å². The minimum absolute atomic E-state index is 0.311. The van der Waals surface area contributed by atoms with Crippen molar-refractivity contribution in [3.63, 3.8) is 0 Å². The fraction of sp³-hybridized carbons (Fsp3) is 0.429. The minimum Gasteiger partial charge on any atom is -0.493 e. The topological polar surface area (TPSA) is 49.2 Å². The summed E-state index contributed by atoms with van der Waals surface area (Å²) in [7, 11) is 3.23. The molecule has 0 atom stereocenters. The fourth-order valence-electron chi connectivity index (χ4n) is 2.09. The molecule has 2 rings (SSSR count). The van der Waals surface area contributed by atoms with Crippen molar-refractivity contribution in [3.8, 4) is 17.2 Å². The minimum atomic E-state index is 0.311. The quantitative estimate of drug-likeness (QED) is 0.769. The molecule has 0 radical (unpaired) electrons. The molecule has 1 heterocycles. The molecule has 20 heavy (non-hydrogen) atoms. The monoisotopic (exact) mass is 295 g/mol. The zero-order chi connectivity index (χ0) is 14.5. The Morgan fingerprint density at radius 3 is 2.40 bits per heavy atom. The molecule has 0 aliphatic heterocycles. The summed E-state index contributed by atoms with van der Waals surface area (Å²) in [6, 6.07) is 5.71. The Kier molecular flexibility index (Phi) is 4.84. The highest BCUT2D eigenvalue weighted by molar-refractivity contribution is 6.16. The van der Waals surface area contributed by atoms with Crippen LogP contribution in [0, 0.1) is 0 Å². The Bertz CT molecular complexity index is 584. The highest BCUT2D eigenvalue weighted by Gasteiger charge is 2.14. The Hall–Kier alpha value is -1.75. The molecule has 0 saturated heterocycles. The van der Waals surface area contributed by atoms with Crippen LogP contribution in [0.25, 0.3) is 5.69 Å². The van der Waals surface area contributed by atoms with Gasteiger partial charge in [0.15, 0.2) is 17.3 Å². The number of hydrogen-bond acceptors (Lipinski definition) is 4. The second-order valence-corrected chi connectivity index (χ2v) is 4.56. The lowest BCUT2D eigenvalue weighted by atomic mass is 10.2. The molecule has 5 nitrogen and oxygen atoms in total. The number of benzene rings is 1. The van der Waals surface area contributed by atoms with E-state index in [1.165, 1.54) is 0 Å². The summed E-state index contributed by atoms with van der Waals surface area (Å²) in [6.07, 6.45) is 1.84. The number of ether oxygens (including phenoxy) is 2. The van der Waals surface area contributed by atoms with Gasteiger partial charge in [-0.25, -0.2) is 0 Å². The molecule has 0 unspecified atom stereocenters. The van der Waals surface area contributed by atoms with Crippen molar-refractivity contribution < 1.29 is 9.47 Å². The van der Waals surface area contributed by atoms with Crippen molar-refractivity contribution in [2.24, 2.45) is 0 Å². The maximum Gasteiger partial charge on any atom is 0.162 e. The molecule has 0 aliphatic carbocycles. The molecule has 0 spiro atoms. The first-order valence-electron chi connectivity index (χ1n) is 6.46. The lowest BCUT2D eigenvalue weighted by molar-refractivity contribution is 0.355. The van der Waals surface area contributed by atoms with Gasteiger partial charge >= 0.3 is 0 Å². The van der Waals surface area contributed by atoms with Gasteiger partial charge in [-0.05, 0) is 18.6 Å². The molecular weight excluding hydrogens is 278 g/mol. The number of aromatic nitrogens is 3. The van der Waals surface area contributed by atoms with Gasteiger partial charge in [0.05, 0.1) is 25.8 Å². The average Bonchev–Trinajstić information content (AvgIpc) is 2.89. The largest absolute Gasteiger partial charge is 0.493 e. The molecule has 1 aromatic carbocycles. The van der Waals surface area contributed by atoms with E-state index in [0.29, 0.717) is 17.4 Å². The summed E-state index contributed by atoms with van der Waals surface area (Å²) in [6.45, 7) is 2.11. The van der Waals surface area contributed by atoms with Gasteiger partial charge in [0.25, 0.3) is 0 Å². The van der Waals surface area contributed by atoms with E-state index in [4.69, 9.17) is 21.1 Å². The van der Waals surface area contributed by atoms with E-state index >= 15 is 0 Å². The number of rotatable bonds is 6. The summed E-state index contributed by atoms with van der Waals surface area (Å²) >= 11 is 5.95. The number of methoxy groups -OCH3 is 2. The summed E-state index contributed by atoms with van der Waals surface area (Å²) in [5, 5.41) is 8.34. The predicted molar refractivity (Wildman–Crippen MR) is 78.0 cm³/mol. The first-order chi connectivity index (χ1) is 9.74. The molecule has 0 aliphatic rings. The third kappa shape index (κ3) is 2.72. The zero-order valence-electron chi connectivity index (χ0n) is 11.9. The number of halogens is 1. The van der Waals surface area contributed by atoms with Gasteiger partial charge in [0, 0.05) is 12.5 Å². The van der Waals surface area contributed by atoms with Crippen LogP contribution in [0.1, 0.15) is 25.0 Å². The summed E-state index contributed by atoms with van der Waals surface area (Å²) in [4.78, 5) is 0. The van der Waals surface area contributed by atoms with Crippen LogP contribution in [-0.4, -0.2) is 29.0 Å². The molecular formula is C14H18ClN3O2. The van der Waals surface area contributed by atoms with E-state index in [0.717, 1.165) is 30.2 Å². The molecule has 0 amide bonds. The predicted octanol–water partition coefficient (Wildman–Crippen LogP) is 2.98. The molecule has 0 N–H and O–H groups in total. The van der Waals surface area contributed by atoms with E-state index < -0.39 is 0 Å². The fourth-order valence-corrected chi connectivity index (χ4v) is 2.26. The molecule has 2 aromatic rings. The van der Waals surface area contributed by atoms with Crippen LogP contribution in [0.5, 0.6) is 11.5 Å². The molecule has 108 valence electrons. The summed E-state index contributed by atoms with van der Waals surface area (Å²) < 4.78 is 12.6. The van der Waals surface area contributed by atoms with E-state index in [-0.39, 0.29) is 0 Å². The first-order valence-corrected chi connectivity index (χ1v) is 7.00. The van der Waals surface area contributed by atoms with Gasteiger partial charge in [0.1, 0.15) is 5.82 Å². The standard InChI is InChI=1S/C14H18ClN3O2/c1-4-5-13-16-17-14(9-15)18(13)10-6-7-11(19-2)12(8-10)20-3/h6-8H,4-5,9H2,1-3H3. The third-order valence-electron chi connectivity index (χ3n) is 3.02. The lowest BCUT2D eigenvalue weighted by Crippen LogP contribution is -2.05.